The number of aromatic nitrogens is 2. The lowest BCUT2D eigenvalue weighted by Gasteiger charge is -2.05. The van der Waals surface area contributed by atoms with Gasteiger partial charge in [0.05, 0.1) is 15.8 Å². The second-order valence-corrected chi connectivity index (χ2v) is 4.55. The summed E-state index contributed by atoms with van der Waals surface area (Å²) in [5, 5.41) is 11.7. The van der Waals surface area contributed by atoms with E-state index in [9.17, 15) is 10.1 Å². The Hall–Kier alpha value is -2.69. The Kier molecular flexibility index (Phi) is 3.16. The van der Waals surface area contributed by atoms with Crippen molar-refractivity contribution in [1.82, 2.24) is 9.55 Å². The third-order valence-corrected chi connectivity index (χ3v) is 3.32. The maximum Gasteiger partial charge on any atom is 0.278 e. The highest BCUT2D eigenvalue weighted by atomic mass is 16.6. The first kappa shape index (κ1) is 12.3. The first-order valence-corrected chi connectivity index (χ1v) is 6.38. The van der Waals surface area contributed by atoms with Gasteiger partial charge in [-0.05, 0) is 24.3 Å². The van der Waals surface area contributed by atoms with E-state index in [2.05, 4.69) is 4.98 Å². The summed E-state index contributed by atoms with van der Waals surface area (Å²) >= 11 is 0. The SMILES string of the molecule is O=[N+]([O-])c1cccc2c1ccn2CCc1ccccn1. The molecule has 0 fully saturated rings. The van der Waals surface area contributed by atoms with Crippen LogP contribution in [0.2, 0.25) is 0 Å². The van der Waals surface area contributed by atoms with Crippen molar-refractivity contribution < 1.29 is 4.92 Å². The highest BCUT2D eigenvalue weighted by Gasteiger charge is 2.13. The number of benzene rings is 1. The molecule has 0 atom stereocenters. The van der Waals surface area contributed by atoms with E-state index in [4.69, 9.17) is 0 Å². The smallest absolute Gasteiger partial charge is 0.278 e. The molecule has 0 N–H and O–H groups in total. The van der Waals surface area contributed by atoms with Crippen molar-refractivity contribution in [3.8, 4) is 0 Å². The molecule has 3 aromatic rings. The Bertz CT molecular complexity index is 750. The number of nitrogens with zero attached hydrogens (tertiary/aromatic N) is 3. The molecule has 100 valence electrons. The molecule has 0 saturated carbocycles. The van der Waals surface area contributed by atoms with Gasteiger partial charge in [0.1, 0.15) is 0 Å². The third-order valence-electron chi connectivity index (χ3n) is 3.32. The van der Waals surface area contributed by atoms with Crippen LogP contribution < -0.4 is 0 Å². The lowest BCUT2D eigenvalue weighted by atomic mass is 10.2. The molecule has 0 spiro atoms. The number of non-ortho nitro benzene ring substituents is 1. The predicted octanol–water partition coefficient (Wildman–Crippen LogP) is 3.19. The van der Waals surface area contributed by atoms with E-state index in [0.29, 0.717) is 5.39 Å². The van der Waals surface area contributed by atoms with Gasteiger partial charge in [-0.1, -0.05) is 12.1 Å². The summed E-state index contributed by atoms with van der Waals surface area (Å²) in [5.74, 6) is 0. The van der Waals surface area contributed by atoms with Crippen LogP contribution in [0.1, 0.15) is 5.69 Å². The zero-order valence-corrected chi connectivity index (χ0v) is 10.8. The molecule has 0 aliphatic rings. The quantitative estimate of drug-likeness (QED) is 0.538. The van der Waals surface area contributed by atoms with E-state index in [1.165, 1.54) is 6.07 Å². The van der Waals surface area contributed by atoms with Crippen molar-refractivity contribution in [3.05, 3.63) is 70.7 Å². The molecule has 5 heteroatoms. The van der Waals surface area contributed by atoms with Crippen LogP contribution in [0, 0.1) is 10.1 Å². The van der Waals surface area contributed by atoms with Crippen molar-refractivity contribution in [2.75, 3.05) is 0 Å². The van der Waals surface area contributed by atoms with Gasteiger partial charge in [-0.3, -0.25) is 15.1 Å². The largest absolute Gasteiger partial charge is 0.347 e. The first-order valence-electron chi connectivity index (χ1n) is 6.38. The lowest BCUT2D eigenvalue weighted by molar-refractivity contribution is -0.383. The van der Waals surface area contributed by atoms with E-state index >= 15 is 0 Å². The third kappa shape index (κ3) is 2.25. The number of pyridine rings is 1. The van der Waals surface area contributed by atoms with Gasteiger partial charge in [0, 0.05) is 37.1 Å². The molecule has 0 radical (unpaired) electrons. The van der Waals surface area contributed by atoms with Gasteiger partial charge in [0.25, 0.3) is 5.69 Å². The number of hydrogen-bond donors (Lipinski definition) is 0. The Morgan fingerprint density at radius 1 is 1.15 bits per heavy atom. The van der Waals surface area contributed by atoms with E-state index in [1.54, 1.807) is 18.3 Å². The number of hydrogen-bond acceptors (Lipinski definition) is 3. The summed E-state index contributed by atoms with van der Waals surface area (Å²) in [6, 6.07) is 12.8. The second kappa shape index (κ2) is 5.13. The molecular formula is C15H13N3O2. The van der Waals surface area contributed by atoms with E-state index in [0.717, 1.165) is 24.2 Å². The van der Waals surface area contributed by atoms with Crippen LogP contribution in [0.25, 0.3) is 10.9 Å². The standard InChI is InChI=1S/C15H13N3O2/c19-18(20)15-6-3-5-14-13(15)8-11-17(14)10-7-12-4-1-2-9-16-12/h1-6,8-9,11H,7,10H2. The predicted molar refractivity (Wildman–Crippen MR) is 76.5 cm³/mol. The molecule has 1 aromatic carbocycles. The number of nitro benzene ring substituents is 1. The molecule has 0 aliphatic heterocycles. The van der Waals surface area contributed by atoms with E-state index < -0.39 is 0 Å². The van der Waals surface area contributed by atoms with Gasteiger partial charge >= 0.3 is 0 Å². The Morgan fingerprint density at radius 2 is 2.05 bits per heavy atom. The fourth-order valence-electron chi connectivity index (χ4n) is 2.34. The summed E-state index contributed by atoms with van der Waals surface area (Å²) in [4.78, 5) is 14.9. The summed E-state index contributed by atoms with van der Waals surface area (Å²) in [6.07, 6.45) is 4.46. The zero-order chi connectivity index (χ0) is 13.9. The van der Waals surface area contributed by atoms with Gasteiger partial charge in [0.2, 0.25) is 0 Å². The lowest BCUT2D eigenvalue weighted by Crippen LogP contribution is -2.01. The minimum absolute atomic E-state index is 0.152. The number of fused-ring (bicyclic) bond motifs is 1. The average Bonchev–Trinajstić information content (AvgIpc) is 2.89. The zero-order valence-electron chi connectivity index (χ0n) is 10.8. The molecule has 3 rings (SSSR count). The normalized spacial score (nSPS) is 10.8. The van der Waals surface area contributed by atoms with Gasteiger partial charge in [-0.25, -0.2) is 0 Å². The van der Waals surface area contributed by atoms with Crippen molar-refractivity contribution in [1.29, 1.82) is 0 Å². The minimum Gasteiger partial charge on any atom is -0.347 e. The molecule has 0 unspecified atom stereocenters. The molecule has 20 heavy (non-hydrogen) atoms. The topological polar surface area (TPSA) is 61.0 Å². The maximum atomic E-state index is 11.0. The van der Waals surface area contributed by atoms with Crippen LogP contribution in [0.15, 0.2) is 54.9 Å². The number of nitro groups is 1. The van der Waals surface area contributed by atoms with Crippen molar-refractivity contribution >= 4 is 16.6 Å². The minimum atomic E-state index is -0.342. The van der Waals surface area contributed by atoms with Gasteiger partial charge in [-0.15, -0.1) is 0 Å². The summed E-state index contributed by atoms with van der Waals surface area (Å²) < 4.78 is 2.02. The summed E-state index contributed by atoms with van der Waals surface area (Å²) in [6.45, 7) is 0.752. The highest BCUT2D eigenvalue weighted by Crippen LogP contribution is 2.26. The molecule has 0 bridgehead atoms. The fraction of sp³-hybridized carbons (Fsp3) is 0.133. The van der Waals surface area contributed by atoms with Crippen LogP contribution in [0.5, 0.6) is 0 Å². The average molecular weight is 267 g/mol. The number of aryl methyl sites for hydroxylation is 2. The van der Waals surface area contributed by atoms with Crippen LogP contribution >= 0.6 is 0 Å². The van der Waals surface area contributed by atoms with Crippen molar-refractivity contribution in [2.45, 2.75) is 13.0 Å². The molecule has 2 aromatic heterocycles. The highest BCUT2D eigenvalue weighted by molar-refractivity contribution is 5.89. The second-order valence-electron chi connectivity index (χ2n) is 4.55. The molecule has 0 aliphatic carbocycles. The number of rotatable bonds is 4. The molecule has 0 saturated heterocycles. The maximum absolute atomic E-state index is 11.0. The summed E-state index contributed by atoms with van der Waals surface area (Å²) in [5.41, 5.74) is 2.05. The molecule has 2 heterocycles. The fourth-order valence-corrected chi connectivity index (χ4v) is 2.34. The molecule has 5 nitrogen and oxygen atoms in total. The Balaban J connectivity index is 1.90. The van der Waals surface area contributed by atoms with Gasteiger partial charge in [-0.2, -0.15) is 0 Å². The molecular weight excluding hydrogens is 254 g/mol. The van der Waals surface area contributed by atoms with Crippen LogP contribution in [0.4, 0.5) is 5.69 Å². The van der Waals surface area contributed by atoms with Crippen molar-refractivity contribution in [3.63, 3.8) is 0 Å². The Labute approximate surface area is 115 Å². The van der Waals surface area contributed by atoms with Gasteiger partial charge in [0.15, 0.2) is 0 Å². The summed E-state index contributed by atoms with van der Waals surface area (Å²) in [7, 11) is 0. The van der Waals surface area contributed by atoms with Crippen LogP contribution in [-0.4, -0.2) is 14.5 Å². The monoisotopic (exact) mass is 267 g/mol. The van der Waals surface area contributed by atoms with E-state index in [1.807, 2.05) is 35.0 Å². The van der Waals surface area contributed by atoms with E-state index in [-0.39, 0.29) is 10.6 Å². The van der Waals surface area contributed by atoms with Crippen LogP contribution in [0.3, 0.4) is 0 Å². The van der Waals surface area contributed by atoms with Gasteiger partial charge < -0.3 is 4.57 Å². The first-order chi connectivity index (χ1) is 9.75. The van der Waals surface area contributed by atoms with Crippen LogP contribution in [-0.2, 0) is 13.0 Å². The van der Waals surface area contributed by atoms with Crippen molar-refractivity contribution in [2.24, 2.45) is 0 Å². The molecule has 0 amide bonds. The Morgan fingerprint density at radius 3 is 2.80 bits per heavy atom.